The van der Waals surface area contributed by atoms with Crippen LogP contribution in [0.5, 0.6) is 17.2 Å². The lowest BCUT2D eigenvalue weighted by Gasteiger charge is -2.08. The molecule has 0 saturated heterocycles. The second-order valence-corrected chi connectivity index (χ2v) is 6.32. The molecular weight excluding hydrogens is 346 g/mol. The molecule has 3 rings (SSSR count). The minimum Gasteiger partial charge on any atom is -0.494 e. The minimum atomic E-state index is 0.00581. The van der Waals surface area contributed by atoms with Crippen LogP contribution >= 0.6 is 0 Å². The van der Waals surface area contributed by atoms with E-state index in [0.29, 0.717) is 37.3 Å². The third kappa shape index (κ3) is 5.48. The van der Waals surface area contributed by atoms with Gasteiger partial charge in [0.1, 0.15) is 5.75 Å². The van der Waals surface area contributed by atoms with Crippen molar-refractivity contribution in [3.63, 3.8) is 0 Å². The van der Waals surface area contributed by atoms with Crippen molar-refractivity contribution in [1.82, 2.24) is 5.32 Å². The SMILES string of the molecule is CC(=O)c1ccc(OCCCC(=O)NCCc2ccc3c(c2)OCO3)cc1. The summed E-state index contributed by atoms with van der Waals surface area (Å²) in [6.07, 6.45) is 1.78. The number of rotatable bonds is 9. The van der Waals surface area contributed by atoms with Gasteiger partial charge in [0.15, 0.2) is 17.3 Å². The molecule has 1 aliphatic heterocycles. The number of ether oxygens (including phenoxy) is 3. The van der Waals surface area contributed by atoms with E-state index in [0.717, 1.165) is 23.5 Å². The van der Waals surface area contributed by atoms with Crippen molar-refractivity contribution in [3.05, 3.63) is 53.6 Å². The fourth-order valence-corrected chi connectivity index (χ4v) is 2.74. The maximum absolute atomic E-state index is 11.9. The summed E-state index contributed by atoms with van der Waals surface area (Å²) in [5, 5.41) is 2.91. The first-order chi connectivity index (χ1) is 13.1. The van der Waals surface area contributed by atoms with Gasteiger partial charge in [0.05, 0.1) is 6.61 Å². The molecule has 0 fully saturated rings. The Morgan fingerprint density at radius 1 is 1.07 bits per heavy atom. The number of nitrogens with one attached hydrogen (secondary N) is 1. The summed E-state index contributed by atoms with van der Waals surface area (Å²) in [5.41, 5.74) is 1.75. The number of ketones is 1. The van der Waals surface area contributed by atoms with Crippen LogP contribution in [0.1, 0.15) is 35.7 Å². The largest absolute Gasteiger partial charge is 0.494 e. The topological polar surface area (TPSA) is 73.9 Å². The standard InChI is InChI=1S/C21H23NO5/c1-15(23)17-5-7-18(8-6-17)25-12-2-3-21(24)22-11-10-16-4-9-19-20(13-16)27-14-26-19/h4-9,13H,2-3,10-12,14H2,1H3,(H,22,24). The Labute approximate surface area is 158 Å². The van der Waals surface area contributed by atoms with Gasteiger partial charge in [-0.25, -0.2) is 0 Å². The molecule has 0 spiro atoms. The van der Waals surface area contributed by atoms with Crippen molar-refractivity contribution in [3.8, 4) is 17.2 Å². The van der Waals surface area contributed by atoms with Crippen molar-refractivity contribution < 1.29 is 23.8 Å². The number of carbonyl (C=O) groups excluding carboxylic acids is 2. The highest BCUT2D eigenvalue weighted by molar-refractivity contribution is 5.94. The van der Waals surface area contributed by atoms with E-state index in [-0.39, 0.29) is 18.5 Å². The third-order valence-electron chi connectivity index (χ3n) is 4.25. The van der Waals surface area contributed by atoms with Crippen LogP contribution in [0, 0.1) is 0 Å². The maximum Gasteiger partial charge on any atom is 0.231 e. The molecule has 0 unspecified atom stereocenters. The molecule has 0 saturated carbocycles. The van der Waals surface area contributed by atoms with Gasteiger partial charge >= 0.3 is 0 Å². The normalized spacial score (nSPS) is 11.9. The fraction of sp³-hybridized carbons (Fsp3) is 0.333. The van der Waals surface area contributed by atoms with Crippen LogP contribution in [0.15, 0.2) is 42.5 Å². The molecule has 142 valence electrons. The molecule has 0 aromatic heterocycles. The molecule has 1 aliphatic rings. The van der Waals surface area contributed by atoms with Crippen molar-refractivity contribution in [2.75, 3.05) is 19.9 Å². The maximum atomic E-state index is 11.9. The molecule has 2 aromatic rings. The van der Waals surface area contributed by atoms with E-state index in [2.05, 4.69) is 5.32 Å². The highest BCUT2D eigenvalue weighted by Gasteiger charge is 2.13. The van der Waals surface area contributed by atoms with Crippen LogP contribution < -0.4 is 19.5 Å². The number of hydrogen-bond donors (Lipinski definition) is 1. The predicted octanol–water partition coefficient (Wildman–Crippen LogP) is 3.14. The first-order valence-corrected chi connectivity index (χ1v) is 9.01. The van der Waals surface area contributed by atoms with Gasteiger partial charge in [-0.15, -0.1) is 0 Å². The Bertz CT molecular complexity index is 801. The van der Waals surface area contributed by atoms with Gasteiger partial charge < -0.3 is 19.5 Å². The number of Topliss-reactive ketones (excluding diaryl/α,β-unsaturated/α-hetero) is 1. The van der Waals surface area contributed by atoms with Crippen molar-refractivity contribution in [2.45, 2.75) is 26.2 Å². The van der Waals surface area contributed by atoms with Gasteiger partial charge in [0.25, 0.3) is 0 Å². The van der Waals surface area contributed by atoms with Gasteiger partial charge in [0, 0.05) is 18.5 Å². The number of amides is 1. The number of fused-ring (bicyclic) bond motifs is 1. The molecule has 0 atom stereocenters. The first kappa shape index (κ1) is 18.8. The summed E-state index contributed by atoms with van der Waals surface area (Å²) in [5.74, 6) is 2.25. The Morgan fingerprint density at radius 2 is 1.85 bits per heavy atom. The lowest BCUT2D eigenvalue weighted by Crippen LogP contribution is -2.25. The summed E-state index contributed by atoms with van der Waals surface area (Å²) < 4.78 is 16.2. The summed E-state index contributed by atoms with van der Waals surface area (Å²) >= 11 is 0. The Balaban J connectivity index is 1.30. The smallest absolute Gasteiger partial charge is 0.231 e. The molecule has 0 aliphatic carbocycles. The van der Waals surface area contributed by atoms with E-state index in [1.165, 1.54) is 6.92 Å². The lowest BCUT2D eigenvalue weighted by molar-refractivity contribution is -0.121. The van der Waals surface area contributed by atoms with Crippen LogP contribution in [0.25, 0.3) is 0 Å². The van der Waals surface area contributed by atoms with Crippen LogP contribution in [0.3, 0.4) is 0 Å². The zero-order chi connectivity index (χ0) is 19.1. The van der Waals surface area contributed by atoms with E-state index in [4.69, 9.17) is 14.2 Å². The molecule has 1 heterocycles. The third-order valence-corrected chi connectivity index (χ3v) is 4.25. The quantitative estimate of drug-likeness (QED) is 0.543. The summed E-state index contributed by atoms with van der Waals surface area (Å²) in [4.78, 5) is 23.1. The van der Waals surface area contributed by atoms with Crippen LogP contribution in [0.4, 0.5) is 0 Å². The van der Waals surface area contributed by atoms with E-state index in [1.54, 1.807) is 24.3 Å². The summed E-state index contributed by atoms with van der Waals surface area (Å²) in [7, 11) is 0. The molecule has 2 aromatic carbocycles. The van der Waals surface area contributed by atoms with Gasteiger partial charge in [-0.1, -0.05) is 6.07 Å². The van der Waals surface area contributed by atoms with E-state index < -0.39 is 0 Å². The zero-order valence-electron chi connectivity index (χ0n) is 15.3. The number of hydrogen-bond acceptors (Lipinski definition) is 5. The van der Waals surface area contributed by atoms with Gasteiger partial charge in [-0.3, -0.25) is 9.59 Å². The zero-order valence-corrected chi connectivity index (χ0v) is 15.3. The molecule has 6 heteroatoms. The van der Waals surface area contributed by atoms with Crippen LogP contribution in [-0.2, 0) is 11.2 Å². The second kappa shape index (κ2) is 9.07. The molecular formula is C21H23NO5. The Morgan fingerprint density at radius 3 is 2.63 bits per heavy atom. The second-order valence-electron chi connectivity index (χ2n) is 6.32. The van der Waals surface area contributed by atoms with Gasteiger partial charge in [-0.05, 0) is 61.7 Å². The molecule has 1 N–H and O–H groups in total. The first-order valence-electron chi connectivity index (χ1n) is 9.01. The molecule has 27 heavy (non-hydrogen) atoms. The predicted molar refractivity (Wildman–Crippen MR) is 100 cm³/mol. The fourth-order valence-electron chi connectivity index (χ4n) is 2.74. The van der Waals surface area contributed by atoms with Crippen LogP contribution in [0.2, 0.25) is 0 Å². The Kier molecular flexibility index (Phi) is 6.30. The van der Waals surface area contributed by atoms with Gasteiger partial charge in [0.2, 0.25) is 12.7 Å². The lowest BCUT2D eigenvalue weighted by atomic mass is 10.1. The molecule has 0 bridgehead atoms. The highest BCUT2D eigenvalue weighted by Crippen LogP contribution is 2.32. The number of carbonyl (C=O) groups is 2. The molecule has 6 nitrogen and oxygen atoms in total. The van der Waals surface area contributed by atoms with Crippen molar-refractivity contribution in [1.29, 1.82) is 0 Å². The molecule has 1 amide bonds. The van der Waals surface area contributed by atoms with E-state index in [1.807, 2.05) is 18.2 Å². The Hall–Kier alpha value is -3.02. The van der Waals surface area contributed by atoms with Crippen molar-refractivity contribution in [2.24, 2.45) is 0 Å². The average molecular weight is 369 g/mol. The highest BCUT2D eigenvalue weighted by atomic mass is 16.7. The summed E-state index contributed by atoms with van der Waals surface area (Å²) in [6, 6.07) is 12.8. The van der Waals surface area contributed by atoms with Crippen molar-refractivity contribution >= 4 is 11.7 Å². The summed E-state index contributed by atoms with van der Waals surface area (Å²) in [6.45, 7) is 2.82. The minimum absolute atomic E-state index is 0.00581. The molecule has 0 radical (unpaired) electrons. The van der Waals surface area contributed by atoms with Crippen LogP contribution in [-0.4, -0.2) is 31.6 Å². The van der Waals surface area contributed by atoms with E-state index >= 15 is 0 Å². The average Bonchev–Trinajstić information content (AvgIpc) is 3.13. The van der Waals surface area contributed by atoms with E-state index in [9.17, 15) is 9.59 Å². The van der Waals surface area contributed by atoms with Gasteiger partial charge in [-0.2, -0.15) is 0 Å². The monoisotopic (exact) mass is 369 g/mol. The number of benzene rings is 2.